The zero-order chi connectivity index (χ0) is 16.0. The van der Waals surface area contributed by atoms with Crippen molar-refractivity contribution >= 4 is 16.0 Å². The standard InChI is InChI=1S/C14H21NO5S/c1-5-15(10-14(16)20-6-2)21(17,18)12-7-8-13(19-4)11(3)9-12/h7-9H,5-6,10H2,1-4H3. The molecule has 0 N–H and O–H groups in total. The number of methoxy groups -OCH3 is 1. The largest absolute Gasteiger partial charge is 0.496 e. The van der Waals surface area contributed by atoms with Crippen molar-refractivity contribution < 1.29 is 22.7 Å². The van der Waals surface area contributed by atoms with Crippen molar-refractivity contribution in [3.63, 3.8) is 0 Å². The summed E-state index contributed by atoms with van der Waals surface area (Å²) in [6.45, 7) is 5.23. The van der Waals surface area contributed by atoms with Crippen LogP contribution in [0.25, 0.3) is 0 Å². The molecule has 118 valence electrons. The monoisotopic (exact) mass is 315 g/mol. The number of carbonyl (C=O) groups is 1. The summed E-state index contributed by atoms with van der Waals surface area (Å²) in [5, 5.41) is 0. The molecule has 0 bridgehead atoms. The highest BCUT2D eigenvalue weighted by Gasteiger charge is 2.26. The predicted octanol–water partition coefficient (Wildman–Crippen LogP) is 1.58. The highest BCUT2D eigenvalue weighted by atomic mass is 32.2. The van der Waals surface area contributed by atoms with Crippen LogP contribution in [0.15, 0.2) is 23.1 Å². The molecule has 0 spiro atoms. The van der Waals surface area contributed by atoms with Gasteiger partial charge in [-0.3, -0.25) is 4.79 Å². The summed E-state index contributed by atoms with van der Waals surface area (Å²) in [6, 6.07) is 4.59. The van der Waals surface area contributed by atoms with Crippen molar-refractivity contribution in [2.75, 3.05) is 26.8 Å². The molecule has 0 aliphatic heterocycles. The summed E-state index contributed by atoms with van der Waals surface area (Å²) < 4.78 is 36.1. The minimum absolute atomic E-state index is 0.131. The third-order valence-corrected chi connectivity index (χ3v) is 4.88. The number of likely N-dealkylation sites (N-methyl/N-ethyl adjacent to an activating group) is 1. The van der Waals surface area contributed by atoms with Crippen molar-refractivity contribution in [1.29, 1.82) is 0 Å². The molecule has 0 aromatic heterocycles. The van der Waals surface area contributed by atoms with Crippen LogP contribution in [-0.4, -0.2) is 45.5 Å². The second-order valence-electron chi connectivity index (χ2n) is 4.37. The number of hydrogen-bond donors (Lipinski definition) is 0. The Hall–Kier alpha value is -1.60. The molecule has 0 atom stereocenters. The maximum atomic E-state index is 12.5. The van der Waals surface area contributed by atoms with E-state index in [1.807, 2.05) is 0 Å². The second kappa shape index (κ2) is 7.42. The fourth-order valence-corrected chi connectivity index (χ4v) is 3.36. The van der Waals surface area contributed by atoms with Crippen LogP contribution in [0.4, 0.5) is 0 Å². The molecule has 1 aromatic rings. The summed E-state index contributed by atoms with van der Waals surface area (Å²) in [5.74, 6) is 0.0514. The summed E-state index contributed by atoms with van der Waals surface area (Å²) in [5.41, 5.74) is 0.714. The van der Waals surface area contributed by atoms with Crippen molar-refractivity contribution in [3.8, 4) is 5.75 Å². The number of hydrogen-bond acceptors (Lipinski definition) is 5. The van der Waals surface area contributed by atoms with Crippen LogP contribution in [0.3, 0.4) is 0 Å². The molecule has 0 saturated carbocycles. The minimum atomic E-state index is -3.74. The van der Waals surface area contributed by atoms with Crippen LogP contribution in [0.1, 0.15) is 19.4 Å². The van der Waals surface area contributed by atoms with Gasteiger partial charge in [-0.1, -0.05) is 6.92 Å². The SMILES string of the molecule is CCOC(=O)CN(CC)S(=O)(=O)c1ccc(OC)c(C)c1. The number of benzene rings is 1. The fraction of sp³-hybridized carbons (Fsp3) is 0.500. The Morgan fingerprint density at radius 2 is 1.95 bits per heavy atom. The Balaban J connectivity index is 3.07. The van der Waals surface area contributed by atoms with Gasteiger partial charge < -0.3 is 9.47 Å². The molecule has 7 heteroatoms. The molecular weight excluding hydrogens is 294 g/mol. The average molecular weight is 315 g/mol. The van der Waals surface area contributed by atoms with Crippen LogP contribution in [0, 0.1) is 6.92 Å². The van der Waals surface area contributed by atoms with E-state index in [1.54, 1.807) is 26.8 Å². The molecule has 0 aliphatic rings. The van der Waals surface area contributed by atoms with E-state index >= 15 is 0 Å². The number of aryl methyl sites for hydroxylation is 1. The lowest BCUT2D eigenvalue weighted by Crippen LogP contribution is -2.36. The van der Waals surface area contributed by atoms with Gasteiger partial charge in [-0.15, -0.1) is 0 Å². The van der Waals surface area contributed by atoms with Crippen molar-refractivity contribution in [2.24, 2.45) is 0 Å². The normalized spacial score (nSPS) is 11.5. The lowest BCUT2D eigenvalue weighted by atomic mass is 10.2. The molecule has 0 aliphatic carbocycles. The number of carbonyl (C=O) groups excluding carboxylic acids is 1. The Morgan fingerprint density at radius 3 is 2.43 bits per heavy atom. The van der Waals surface area contributed by atoms with E-state index in [0.29, 0.717) is 11.3 Å². The molecule has 1 aromatic carbocycles. The number of rotatable bonds is 7. The summed E-state index contributed by atoms with van der Waals surface area (Å²) in [6.07, 6.45) is 0. The first-order chi connectivity index (χ1) is 9.86. The predicted molar refractivity (Wildman–Crippen MR) is 78.8 cm³/mol. The topological polar surface area (TPSA) is 72.9 Å². The molecule has 0 unspecified atom stereocenters. The fourth-order valence-electron chi connectivity index (χ4n) is 1.88. The molecule has 0 heterocycles. The maximum Gasteiger partial charge on any atom is 0.321 e. The molecule has 0 fully saturated rings. The van der Waals surface area contributed by atoms with Gasteiger partial charge >= 0.3 is 5.97 Å². The summed E-state index contributed by atoms with van der Waals surface area (Å²) in [7, 11) is -2.21. The van der Waals surface area contributed by atoms with Crippen LogP contribution in [0.5, 0.6) is 5.75 Å². The van der Waals surface area contributed by atoms with Crippen LogP contribution in [-0.2, 0) is 19.6 Å². The summed E-state index contributed by atoms with van der Waals surface area (Å²) >= 11 is 0. The quantitative estimate of drug-likeness (QED) is 0.714. The van der Waals surface area contributed by atoms with E-state index in [1.165, 1.54) is 19.2 Å². The van der Waals surface area contributed by atoms with E-state index in [-0.39, 0.29) is 24.6 Å². The number of esters is 1. The second-order valence-corrected chi connectivity index (χ2v) is 6.31. The molecule has 21 heavy (non-hydrogen) atoms. The first-order valence-corrected chi connectivity index (χ1v) is 8.11. The van der Waals surface area contributed by atoms with Gasteiger partial charge in [-0.2, -0.15) is 4.31 Å². The number of ether oxygens (including phenoxy) is 2. The minimum Gasteiger partial charge on any atom is -0.496 e. The molecule has 0 saturated heterocycles. The van der Waals surface area contributed by atoms with Gasteiger partial charge in [0.15, 0.2) is 0 Å². The van der Waals surface area contributed by atoms with Gasteiger partial charge in [0.05, 0.1) is 18.6 Å². The van der Waals surface area contributed by atoms with Crippen molar-refractivity contribution in [1.82, 2.24) is 4.31 Å². The molecule has 0 radical (unpaired) electrons. The molecule has 0 amide bonds. The Bertz CT molecular complexity index is 597. The van der Waals surface area contributed by atoms with E-state index in [0.717, 1.165) is 4.31 Å². The van der Waals surface area contributed by atoms with Gasteiger partial charge in [0.2, 0.25) is 10.0 Å². The van der Waals surface area contributed by atoms with Crippen molar-refractivity contribution in [2.45, 2.75) is 25.7 Å². The zero-order valence-electron chi connectivity index (χ0n) is 12.8. The first-order valence-electron chi connectivity index (χ1n) is 6.67. The average Bonchev–Trinajstić information content (AvgIpc) is 2.44. The lowest BCUT2D eigenvalue weighted by molar-refractivity contribution is -0.143. The molecule has 1 rings (SSSR count). The van der Waals surface area contributed by atoms with Gasteiger partial charge in [0, 0.05) is 6.54 Å². The van der Waals surface area contributed by atoms with Crippen LogP contribution < -0.4 is 4.74 Å². The molecule has 6 nitrogen and oxygen atoms in total. The zero-order valence-corrected chi connectivity index (χ0v) is 13.6. The third-order valence-electron chi connectivity index (χ3n) is 2.97. The summed E-state index contributed by atoms with van der Waals surface area (Å²) in [4.78, 5) is 11.6. The van der Waals surface area contributed by atoms with Crippen LogP contribution in [0.2, 0.25) is 0 Å². The Kier molecular flexibility index (Phi) is 6.17. The van der Waals surface area contributed by atoms with Gasteiger partial charge in [-0.25, -0.2) is 8.42 Å². The van der Waals surface area contributed by atoms with E-state index in [2.05, 4.69) is 0 Å². The van der Waals surface area contributed by atoms with Crippen LogP contribution >= 0.6 is 0 Å². The van der Waals surface area contributed by atoms with Crippen molar-refractivity contribution in [3.05, 3.63) is 23.8 Å². The smallest absolute Gasteiger partial charge is 0.321 e. The number of sulfonamides is 1. The highest BCUT2D eigenvalue weighted by Crippen LogP contribution is 2.23. The third kappa shape index (κ3) is 4.18. The maximum absolute atomic E-state index is 12.5. The van der Waals surface area contributed by atoms with Gasteiger partial charge in [0.1, 0.15) is 12.3 Å². The van der Waals surface area contributed by atoms with E-state index in [9.17, 15) is 13.2 Å². The molecular formula is C14H21NO5S. The first kappa shape index (κ1) is 17.5. The number of nitrogens with zero attached hydrogens (tertiary/aromatic N) is 1. The lowest BCUT2D eigenvalue weighted by Gasteiger charge is -2.20. The van der Waals surface area contributed by atoms with E-state index in [4.69, 9.17) is 9.47 Å². The Morgan fingerprint density at radius 1 is 1.29 bits per heavy atom. The van der Waals surface area contributed by atoms with Gasteiger partial charge in [0.25, 0.3) is 0 Å². The van der Waals surface area contributed by atoms with Gasteiger partial charge in [-0.05, 0) is 37.6 Å². The highest BCUT2D eigenvalue weighted by molar-refractivity contribution is 7.89. The Labute approximate surface area is 125 Å². The van der Waals surface area contributed by atoms with E-state index < -0.39 is 16.0 Å².